The molecule has 2 N–H and O–H groups in total. The zero-order chi connectivity index (χ0) is 10.6. The van der Waals surface area contributed by atoms with Crippen LogP contribution in [0.1, 0.15) is 5.56 Å². The van der Waals surface area contributed by atoms with Crippen molar-refractivity contribution in [1.29, 1.82) is 0 Å². The molecule has 0 bridgehead atoms. The predicted octanol–water partition coefficient (Wildman–Crippen LogP) is 1.95. The van der Waals surface area contributed by atoms with E-state index in [1.54, 1.807) is 6.08 Å². The van der Waals surface area contributed by atoms with Crippen LogP contribution < -0.4 is 10.5 Å². The SMILES string of the molecule is COc1cc(F)cc(F)c1/C=C/CN. The summed E-state index contributed by atoms with van der Waals surface area (Å²) >= 11 is 0. The Balaban J connectivity index is 3.18. The van der Waals surface area contributed by atoms with Crippen LogP contribution in [-0.2, 0) is 0 Å². The second-order valence-corrected chi connectivity index (χ2v) is 2.64. The van der Waals surface area contributed by atoms with Crippen molar-refractivity contribution in [3.63, 3.8) is 0 Å². The average molecular weight is 199 g/mol. The quantitative estimate of drug-likeness (QED) is 0.807. The lowest BCUT2D eigenvalue weighted by molar-refractivity contribution is 0.405. The number of hydrogen-bond donors (Lipinski definition) is 1. The third-order valence-corrected chi connectivity index (χ3v) is 1.70. The molecular weight excluding hydrogens is 188 g/mol. The summed E-state index contributed by atoms with van der Waals surface area (Å²) in [7, 11) is 1.36. The van der Waals surface area contributed by atoms with Gasteiger partial charge in [-0.25, -0.2) is 8.78 Å². The Morgan fingerprint density at radius 3 is 2.71 bits per heavy atom. The van der Waals surface area contributed by atoms with Crippen LogP contribution in [0, 0.1) is 11.6 Å². The maximum atomic E-state index is 13.2. The van der Waals surface area contributed by atoms with Crippen LogP contribution in [0.5, 0.6) is 5.75 Å². The van der Waals surface area contributed by atoms with Crippen LogP contribution in [-0.4, -0.2) is 13.7 Å². The molecule has 14 heavy (non-hydrogen) atoms. The number of nitrogens with two attached hydrogens (primary N) is 1. The molecule has 0 amide bonds. The van der Waals surface area contributed by atoms with Gasteiger partial charge in [-0.15, -0.1) is 0 Å². The Kier molecular flexibility index (Phi) is 3.59. The van der Waals surface area contributed by atoms with E-state index in [9.17, 15) is 8.78 Å². The van der Waals surface area contributed by atoms with Crippen LogP contribution >= 0.6 is 0 Å². The van der Waals surface area contributed by atoms with Crippen molar-refractivity contribution < 1.29 is 13.5 Å². The fraction of sp³-hybridized carbons (Fsp3) is 0.200. The molecule has 0 aliphatic carbocycles. The number of halogens is 2. The van der Waals surface area contributed by atoms with E-state index in [1.165, 1.54) is 13.2 Å². The van der Waals surface area contributed by atoms with Crippen LogP contribution in [0.3, 0.4) is 0 Å². The lowest BCUT2D eigenvalue weighted by Crippen LogP contribution is -1.95. The molecule has 0 heterocycles. The minimum absolute atomic E-state index is 0.159. The van der Waals surface area contributed by atoms with E-state index in [0.717, 1.165) is 12.1 Å². The summed E-state index contributed by atoms with van der Waals surface area (Å²) in [6, 6.07) is 1.93. The van der Waals surface area contributed by atoms with Gasteiger partial charge in [-0.1, -0.05) is 12.2 Å². The molecule has 0 fully saturated rings. The van der Waals surface area contributed by atoms with Gasteiger partial charge in [0.05, 0.1) is 12.7 Å². The summed E-state index contributed by atoms with van der Waals surface area (Å²) in [5.41, 5.74) is 5.43. The standard InChI is InChI=1S/C10H11F2NO/c1-14-10-6-7(11)5-9(12)8(10)3-2-4-13/h2-3,5-6H,4,13H2,1H3/b3-2+. The van der Waals surface area contributed by atoms with E-state index in [0.29, 0.717) is 6.54 Å². The molecule has 0 aliphatic rings. The lowest BCUT2D eigenvalue weighted by atomic mass is 10.1. The van der Waals surface area contributed by atoms with E-state index in [2.05, 4.69) is 0 Å². The zero-order valence-corrected chi connectivity index (χ0v) is 7.76. The molecule has 0 spiro atoms. The first kappa shape index (κ1) is 10.7. The fourth-order valence-electron chi connectivity index (χ4n) is 1.08. The van der Waals surface area contributed by atoms with Crippen molar-refractivity contribution in [3.8, 4) is 5.75 Å². The summed E-state index contributed by atoms with van der Waals surface area (Å²) in [4.78, 5) is 0. The van der Waals surface area contributed by atoms with Gasteiger partial charge in [0.1, 0.15) is 17.4 Å². The molecule has 0 atom stereocenters. The first-order chi connectivity index (χ1) is 6.69. The van der Waals surface area contributed by atoms with Gasteiger partial charge in [-0.05, 0) is 0 Å². The molecule has 0 radical (unpaired) electrons. The van der Waals surface area contributed by atoms with Crippen LogP contribution in [0.25, 0.3) is 6.08 Å². The summed E-state index contributed by atoms with van der Waals surface area (Å²) in [5, 5.41) is 0. The van der Waals surface area contributed by atoms with Crippen molar-refractivity contribution in [3.05, 3.63) is 35.4 Å². The molecule has 0 unspecified atom stereocenters. The minimum atomic E-state index is -0.663. The van der Waals surface area contributed by atoms with Crippen molar-refractivity contribution in [2.45, 2.75) is 0 Å². The van der Waals surface area contributed by atoms with Gasteiger partial charge in [0, 0.05) is 18.7 Å². The molecule has 0 aliphatic heterocycles. The Bertz CT molecular complexity index is 350. The molecule has 0 saturated heterocycles. The van der Waals surface area contributed by atoms with Gasteiger partial charge in [-0.3, -0.25) is 0 Å². The Morgan fingerprint density at radius 2 is 2.14 bits per heavy atom. The number of benzene rings is 1. The molecule has 0 aromatic heterocycles. The number of ether oxygens (including phenoxy) is 1. The Morgan fingerprint density at radius 1 is 1.43 bits per heavy atom. The molecule has 1 rings (SSSR count). The molecular formula is C10H11F2NO. The van der Waals surface area contributed by atoms with E-state index < -0.39 is 11.6 Å². The maximum absolute atomic E-state index is 13.2. The van der Waals surface area contributed by atoms with Crippen molar-refractivity contribution in [1.82, 2.24) is 0 Å². The maximum Gasteiger partial charge on any atom is 0.137 e. The molecule has 76 valence electrons. The number of hydrogen-bond acceptors (Lipinski definition) is 2. The van der Waals surface area contributed by atoms with Crippen LogP contribution in [0.15, 0.2) is 18.2 Å². The van der Waals surface area contributed by atoms with E-state index in [-0.39, 0.29) is 11.3 Å². The van der Waals surface area contributed by atoms with Crippen molar-refractivity contribution in [2.24, 2.45) is 5.73 Å². The normalized spacial score (nSPS) is 10.9. The lowest BCUT2D eigenvalue weighted by Gasteiger charge is -2.05. The first-order valence-electron chi connectivity index (χ1n) is 4.08. The first-order valence-corrected chi connectivity index (χ1v) is 4.08. The van der Waals surface area contributed by atoms with Crippen LogP contribution in [0.4, 0.5) is 8.78 Å². The third-order valence-electron chi connectivity index (χ3n) is 1.70. The van der Waals surface area contributed by atoms with E-state index in [4.69, 9.17) is 10.5 Å². The Hall–Kier alpha value is -1.42. The summed E-state index contributed by atoms with van der Waals surface area (Å²) in [6.45, 7) is 0.292. The zero-order valence-electron chi connectivity index (χ0n) is 7.76. The van der Waals surface area contributed by atoms with Gasteiger partial charge in [0.2, 0.25) is 0 Å². The molecule has 2 nitrogen and oxygen atoms in total. The summed E-state index contributed by atoms with van der Waals surface area (Å²) in [5.74, 6) is -1.16. The highest BCUT2D eigenvalue weighted by Crippen LogP contribution is 2.24. The summed E-state index contributed by atoms with van der Waals surface area (Å²) in [6.07, 6.45) is 3.03. The fourth-order valence-corrected chi connectivity index (χ4v) is 1.08. The number of rotatable bonds is 3. The smallest absolute Gasteiger partial charge is 0.137 e. The highest BCUT2D eigenvalue weighted by molar-refractivity contribution is 5.58. The highest BCUT2D eigenvalue weighted by Gasteiger charge is 2.08. The number of methoxy groups -OCH3 is 1. The van der Waals surface area contributed by atoms with Crippen LogP contribution in [0.2, 0.25) is 0 Å². The van der Waals surface area contributed by atoms with Gasteiger partial charge in [0.25, 0.3) is 0 Å². The van der Waals surface area contributed by atoms with Gasteiger partial charge < -0.3 is 10.5 Å². The molecule has 4 heteroatoms. The second kappa shape index (κ2) is 4.72. The van der Waals surface area contributed by atoms with E-state index in [1.807, 2.05) is 0 Å². The van der Waals surface area contributed by atoms with Gasteiger partial charge in [-0.2, -0.15) is 0 Å². The molecule has 1 aromatic rings. The minimum Gasteiger partial charge on any atom is -0.496 e. The van der Waals surface area contributed by atoms with Gasteiger partial charge in [0.15, 0.2) is 0 Å². The monoisotopic (exact) mass is 199 g/mol. The van der Waals surface area contributed by atoms with E-state index >= 15 is 0 Å². The predicted molar refractivity (Wildman–Crippen MR) is 51.0 cm³/mol. The van der Waals surface area contributed by atoms with Gasteiger partial charge >= 0.3 is 0 Å². The second-order valence-electron chi connectivity index (χ2n) is 2.64. The topological polar surface area (TPSA) is 35.2 Å². The Labute approximate surface area is 81.0 Å². The third kappa shape index (κ3) is 2.29. The molecule has 1 aromatic carbocycles. The van der Waals surface area contributed by atoms with Crippen molar-refractivity contribution in [2.75, 3.05) is 13.7 Å². The average Bonchev–Trinajstić information content (AvgIpc) is 2.15. The van der Waals surface area contributed by atoms with Crippen molar-refractivity contribution >= 4 is 6.08 Å². The summed E-state index contributed by atoms with van der Waals surface area (Å²) < 4.78 is 30.8. The largest absolute Gasteiger partial charge is 0.496 e. The molecule has 0 saturated carbocycles. The highest BCUT2D eigenvalue weighted by atomic mass is 19.1.